The normalized spacial score (nSPS) is 10.1. The van der Waals surface area contributed by atoms with Gasteiger partial charge in [0, 0.05) is 16.4 Å². The van der Waals surface area contributed by atoms with Gasteiger partial charge in [0.15, 0.2) is 0 Å². The van der Waals surface area contributed by atoms with Gasteiger partial charge in [0.2, 0.25) is 0 Å². The number of hydrogen-bond donors (Lipinski definition) is 2. The minimum absolute atomic E-state index is 0.184. The summed E-state index contributed by atoms with van der Waals surface area (Å²) in [6.07, 6.45) is 1.54. The van der Waals surface area contributed by atoms with Crippen LogP contribution in [0, 0.1) is 6.92 Å². The van der Waals surface area contributed by atoms with Gasteiger partial charge < -0.3 is 11.1 Å². The molecular weight excluding hydrogens is 296 g/mol. The van der Waals surface area contributed by atoms with Crippen LogP contribution in [0.1, 0.15) is 16.1 Å². The summed E-state index contributed by atoms with van der Waals surface area (Å²) in [6.45, 7) is 1.85. The molecule has 0 aliphatic carbocycles. The highest BCUT2D eigenvalue weighted by Crippen LogP contribution is 2.17. The number of aryl methyl sites for hydroxylation is 1. The number of anilines is 2. The third-order valence-corrected chi connectivity index (χ3v) is 2.69. The van der Waals surface area contributed by atoms with Crippen LogP contribution < -0.4 is 11.1 Å². The number of rotatable bonds is 2. The zero-order valence-electron chi connectivity index (χ0n) is 9.64. The van der Waals surface area contributed by atoms with Crippen LogP contribution in [0.5, 0.6) is 0 Å². The molecule has 0 saturated carbocycles. The van der Waals surface area contributed by atoms with Crippen molar-refractivity contribution in [3.8, 4) is 0 Å². The highest BCUT2D eigenvalue weighted by molar-refractivity contribution is 9.10. The highest BCUT2D eigenvalue weighted by Gasteiger charge is 2.12. The standard InChI is InChI=1S/C12H11BrN4O/c1-7-3-2-4-10(16-7)17-12(18)9-5-8(13)6-15-11(9)14/h2-6H,1H3,(H2,14,15)(H,16,17,18). The van der Waals surface area contributed by atoms with E-state index < -0.39 is 0 Å². The van der Waals surface area contributed by atoms with Crippen LogP contribution in [0.15, 0.2) is 34.9 Å². The largest absolute Gasteiger partial charge is 0.383 e. The Bertz CT molecular complexity index is 600. The minimum atomic E-state index is -0.334. The van der Waals surface area contributed by atoms with E-state index in [1.54, 1.807) is 12.1 Å². The lowest BCUT2D eigenvalue weighted by Gasteiger charge is -2.07. The van der Waals surface area contributed by atoms with Crippen LogP contribution in [-0.4, -0.2) is 15.9 Å². The van der Waals surface area contributed by atoms with Gasteiger partial charge in [-0.1, -0.05) is 6.07 Å². The van der Waals surface area contributed by atoms with E-state index in [4.69, 9.17) is 5.73 Å². The Kier molecular flexibility index (Phi) is 3.57. The van der Waals surface area contributed by atoms with E-state index in [1.807, 2.05) is 19.1 Å². The van der Waals surface area contributed by atoms with Crippen molar-refractivity contribution in [3.63, 3.8) is 0 Å². The number of halogens is 1. The second kappa shape index (κ2) is 5.14. The minimum Gasteiger partial charge on any atom is -0.383 e. The number of amides is 1. The van der Waals surface area contributed by atoms with Crippen molar-refractivity contribution in [2.75, 3.05) is 11.1 Å². The van der Waals surface area contributed by atoms with E-state index in [0.717, 1.165) is 5.69 Å². The lowest BCUT2D eigenvalue weighted by Crippen LogP contribution is -2.15. The molecule has 0 aromatic carbocycles. The van der Waals surface area contributed by atoms with Gasteiger partial charge in [-0.3, -0.25) is 4.79 Å². The fourth-order valence-corrected chi connectivity index (χ4v) is 1.76. The van der Waals surface area contributed by atoms with Crippen molar-refractivity contribution in [2.24, 2.45) is 0 Å². The molecule has 0 atom stereocenters. The summed E-state index contributed by atoms with van der Waals surface area (Å²) in [4.78, 5) is 20.1. The quantitative estimate of drug-likeness (QED) is 0.892. The molecule has 0 fully saturated rings. The third-order valence-electron chi connectivity index (χ3n) is 2.26. The number of carbonyl (C=O) groups is 1. The molecular formula is C12H11BrN4O. The molecule has 92 valence electrons. The molecule has 5 nitrogen and oxygen atoms in total. The highest BCUT2D eigenvalue weighted by atomic mass is 79.9. The van der Waals surface area contributed by atoms with Gasteiger partial charge in [-0.25, -0.2) is 9.97 Å². The van der Waals surface area contributed by atoms with Crippen LogP contribution >= 0.6 is 15.9 Å². The maximum Gasteiger partial charge on any atom is 0.260 e. The summed E-state index contributed by atoms with van der Waals surface area (Å²) in [5.41, 5.74) is 6.80. The lowest BCUT2D eigenvalue weighted by atomic mass is 10.2. The Morgan fingerprint density at radius 3 is 2.94 bits per heavy atom. The number of nitrogens with two attached hydrogens (primary N) is 1. The molecule has 0 bridgehead atoms. The first-order valence-electron chi connectivity index (χ1n) is 5.22. The molecule has 6 heteroatoms. The first-order chi connectivity index (χ1) is 8.56. The van der Waals surface area contributed by atoms with E-state index in [-0.39, 0.29) is 11.7 Å². The third kappa shape index (κ3) is 2.84. The number of pyridine rings is 2. The molecule has 0 saturated heterocycles. The second-order valence-corrected chi connectivity index (χ2v) is 4.62. The first kappa shape index (κ1) is 12.5. The number of hydrogen-bond acceptors (Lipinski definition) is 4. The van der Waals surface area contributed by atoms with E-state index in [0.29, 0.717) is 15.9 Å². The Labute approximate surface area is 113 Å². The summed E-state index contributed by atoms with van der Waals surface area (Å²) in [7, 11) is 0. The SMILES string of the molecule is Cc1cccc(NC(=O)c2cc(Br)cnc2N)n1. The van der Waals surface area contributed by atoms with Crippen molar-refractivity contribution < 1.29 is 4.79 Å². The average Bonchev–Trinajstić information content (AvgIpc) is 2.32. The zero-order valence-corrected chi connectivity index (χ0v) is 11.2. The Morgan fingerprint density at radius 2 is 2.22 bits per heavy atom. The molecule has 3 N–H and O–H groups in total. The number of nitrogens with one attached hydrogen (secondary N) is 1. The van der Waals surface area contributed by atoms with Crippen LogP contribution in [0.25, 0.3) is 0 Å². The maximum atomic E-state index is 12.0. The van der Waals surface area contributed by atoms with Crippen LogP contribution in [-0.2, 0) is 0 Å². The van der Waals surface area contributed by atoms with Crippen molar-refractivity contribution in [1.29, 1.82) is 0 Å². The molecule has 18 heavy (non-hydrogen) atoms. The number of nitrogen functional groups attached to an aromatic ring is 1. The predicted molar refractivity (Wildman–Crippen MR) is 73.3 cm³/mol. The van der Waals surface area contributed by atoms with Crippen molar-refractivity contribution >= 4 is 33.5 Å². The summed E-state index contributed by atoms with van der Waals surface area (Å²) in [6, 6.07) is 7.01. The summed E-state index contributed by atoms with van der Waals surface area (Å²) in [5, 5.41) is 2.68. The van der Waals surface area contributed by atoms with Gasteiger partial charge in [-0.15, -0.1) is 0 Å². The molecule has 1 amide bonds. The number of carbonyl (C=O) groups excluding carboxylic acids is 1. The molecule has 2 rings (SSSR count). The predicted octanol–water partition coefficient (Wildman–Crippen LogP) is 2.38. The van der Waals surface area contributed by atoms with Crippen molar-refractivity contribution in [3.05, 3.63) is 46.2 Å². The number of nitrogens with zero attached hydrogens (tertiary/aromatic N) is 2. The number of aromatic nitrogens is 2. The lowest BCUT2D eigenvalue weighted by molar-refractivity contribution is 0.102. The molecule has 0 radical (unpaired) electrons. The second-order valence-electron chi connectivity index (χ2n) is 3.70. The molecule has 0 aliphatic heterocycles. The van der Waals surface area contributed by atoms with Gasteiger partial charge in [-0.05, 0) is 41.1 Å². The molecule has 2 aromatic rings. The smallest absolute Gasteiger partial charge is 0.260 e. The van der Waals surface area contributed by atoms with E-state index in [9.17, 15) is 4.79 Å². The monoisotopic (exact) mass is 306 g/mol. The Hall–Kier alpha value is -1.95. The fourth-order valence-electron chi connectivity index (χ4n) is 1.43. The Balaban J connectivity index is 2.24. The Morgan fingerprint density at radius 1 is 1.44 bits per heavy atom. The molecule has 0 unspecified atom stereocenters. The average molecular weight is 307 g/mol. The molecule has 2 aromatic heterocycles. The fraction of sp³-hybridized carbons (Fsp3) is 0.0833. The van der Waals surface area contributed by atoms with Crippen molar-refractivity contribution in [1.82, 2.24) is 9.97 Å². The van der Waals surface area contributed by atoms with E-state index in [1.165, 1.54) is 6.20 Å². The maximum absolute atomic E-state index is 12.0. The summed E-state index contributed by atoms with van der Waals surface area (Å²) in [5.74, 6) is 0.335. The van der Waals surface area contributed by atoms with Crippen molar-refractivity contribution in [2.45, 2.75) is 6.92 Å². The zero-order chi connectivity index (χ0) is 13.1. The van der Waals surface area contributed by atoms with E-state index >= 15 is 0 Å². The van der Waals surface area contributed by atoms with Gasteiger partial charge in [0.1, 0.15) is 11.6 Å². The van der Waals surface area contributed by atoms with Crippen LogP contribution in [0.2, 0.25) is 0 Å². The van der Waals surface area contributed by atoms with E-state index in [2.05, 4.69) is 31.2 Å². The van der Waals surface area contributed by atoms with Gasteiger partial charge in [-0.2, -0.15) is 0 Å². The summed E-state index contributed by atoms with van der Waals surface area (Å²) >= 11 is 3.25. The summed E-state index contributed by atoms with van der Waals surface area (Å²) < 4.78 is 0.694. The topological polar surface area (TPSA) is 80.9 Å². The molecule has 0 aliphatic rings. The molecule has 2 heterocycles. The van der Waals surface area contributed by atoms with Gasteiger partial charge in [0.25, 0.3) is 5.91 Å². The van der Waals surface area contributed by atoms with Gasteiger partial charge >= 0.3 is 0 Å². The van der Waals surface area contributed by atoms with Crippen LogP contribution in [0.3, 0.4) is 0 Å². The first-order valence-corrected chi connectivity index (χ1v) is 6.01. The molecule has 0 spiro atoms. The van der Waals surface area contributed by atoms with Crippen LogP contribution in [0.4, 0.5) is 11.6 Å². The van der Waals surface area contributed by atoms with Gasteiger partial charge in [0.05, 0.1) is 5.56 Å².